The topological polar surface area (TPSA) is 88.3 Å². The average Bonchev–Trinajstić information content (AvgIpc) is 2.84. The number of pyridine rings is 1. The fraction of sp³-hybridized carbons (Fsp3) is 0.375. The molecule has 0 bridgehead atoms. The molecule has 0 spiro atoms. The van der Waals surface area contributed by atoms with Gasteiger partial charge in [-0.2, -0.15) is 0 Å². The second-order valence-electron chi connectivity index (χ2n) is 7.88. The molecule has 33 heavy (non-hydrogen) atoms. The van der Waals surface area contributed by atoms with Gasteiger partial charge in [0.15, 0.2) is 23.1 Å². The van der Waals surface area contributed by atoms with Crippen molar-refractivity contribution in [1.29, 1.82) is 0 Å². The van der Waals surface area contributed by atoms with Crippen LogP contribution in [0.1, 0.15) is 6.42 Å². The molecule has 2 N–H and O–H groups in total. The Kier molecular flexibility index (Phi) is 6.32. The summed E-state index contributed by atoms with van der Waals surface area (Å²) in [7, 11) is 0. The standard InChI is InChI=1S/C24H26FN3O5/c25-17-14-16(26)2-3-19(17)33-20-4-5-27-18-15-21(23-24(22(18)20)32-13-12-31-23)30-9-1-6-28-7-10-29-11-8-28/h2-5,14-15H,1,6-13,26H2. The average molecular weight is 455 g/mol. The number of hydrogen-bond acceptors (Lipinski definition) is 8. The first-order valence-corrected chi connectivity index (χ1v) is 11.1. The lowest BCUT2D eigenvalue weighted by Crippen LogP contribution is -2.37. The summed E-state index contributed by atoms with van der Waals surface area (Å²) in [6.07, 6.45) is 2.48. The Morgan fingerprint density at radius 3 is 2.61 bits per heavy atom. The predicted molar refractivity (Wildman–Crippen MR) is 121 cm³/mol. The van der Waals surface area contributed by atoms with Crippen molar-refractivity contribution in [2.24, 2.45) is 0 Å². The number of morpholine rings is 1. The van der Waals surface area contributed by atoms with Gasteiger partial charge in [-0.1, -0.05) is 0 Å². The molecule has 0 aliphatic carbocycles. The van der Waals surface area contributed by atoms with Gasteiger partial charge in [-0.3, -0.25) is 9.88 Å². The first-order valence-electron chi connectivity index (χ1n) is 11.1. The maximum Gasteiger partial charge on any atom is 0.204 e. The zero-order valence-corrected chi connectivity index (χ0v) is 18.2. The largest absolute Gasteiger partial charge is 0.489 e. The van der Waals surface area contributed by atoms with E-state index in [1.807, 2.05) is 6.07 Å². The molecule has 0 saturated carbocycles. The maximum absolute atomic E-state index is 14.3. The molecular formula is C24H26FN3O5. The summed E-state index contributed by atoms with van der Waals surface area (Å²) in [6, 6.07) is 7.77. The number of anilines is 1. The van der Waals surface area contributed by atoms with Crippen molar-refractivity contribution in [3.8, 4) is 28.7 Å². The molecule has 2 aromatic carbocycles. The third kappa shape index (κ3) is 4.74. The Labute approximate surface area is 190 Å². The first kappa shape index (κ1) is 21.5. The lowest BCUT2D eigenvalue weighted by molar-refractivity contribution is 0.0357. The molecule has 1 fully saturated rings. The van der Waals surface area contributed by atoms with Crippen LogP contribution in [0, 0.1) is 5.82 Å². The van der Waals surface area contributed by atoms with Crippen molar-refractivity contribution >= 4 is 16.6 Å². The van der Waals surface area contributed by atoms with Gasteiger partial charge >= 0.3 is 0 Å². The number of nitrogen functional groups attached to an aromatic ring is 1. The highest BCUT2D eigenvalue weighted by Gasteiger charge is 2.25. The molecule has 3 heterocycles. The van der Waals surface area contributed by atoms with E-state index in [1.165, 1.54) is 12.1 Å². The van der Waals surface area contributed by atoms with Crippen LogP contribution in [0.4, 0.5) is 10.1 Å². The lowest BCUT2D eigenvalue weighted by atomic mass is 10.1. The van der Waals surface area contributed by atoms with E-state index in [-0.39, 0.29) is 5.75 Å². The van der Waals surface area contributed by atoms with E-state index in [2.05, 4.69) is 9.88 Å². The Morgan fingerprint density at radius 2 is 1.79 bits per heavy atom. The Bertz CT molecular complexity index is 1140. The highest BCUT2D eigenvalue weighted by Crippen LogP contribution is 2.48. The van der Waals surface area contributed by atoms with E-state index in [9.17, 15) is 4.39 Å². The minimum absolute atomic E-state index is 0.0608. The van der Waals surface area contributed by atoms with E-state index in [1.54, 1.807) is 18.3 Å². The molecule has 0 unspecified atom stereocenters. The number of aromatic nitrogens is 1. The van der Waals surface area contributed by atoms with Crippen molar-refractivity contribution in [1.82, 2.24) is 9.88 Å². The number of halogens is 1. The molecule has 0 atom stereocenters. The molecule has 0 amide bonds. The Balaban J connectivity index is 1.40. The van der Waals surface area contributed by atoms with Crippen LogP contribution in [0.3, 0.4) is 0 Å². The quantitative estimate of drug-likeness (QED) is 0.427. The normalized spacial score (nSPS) is 16.0. The van der Waals surface area contributed by atoms with Gasteiger partial charge in [-0.25, -0.2) is 4.39 Å². The molecule has 2 aliphatic rings. The number of hydrogen-bond donors (Lipinski definition) is 1. The van der Waals surface area contributed by atoms with E-state index in [0.717, 1.165) is 39.3 Å². The van der Waals surface area contributed by atoms with Crippen molar-refractivity contribution in [2.45, 2.75) is 6.42 Å². The summed E-state index contributed by atoms with van der Waals surface area (Å²) in [5, 5.41) is 0.601. The molecule has 3 aromatic rings. The molecule has 2 aliphatic heterocycles. The highest BCUT2D eigenvalue weighted by molar-refractivity contribution is 5.95. The second-order valence-corrected chi connectivity index (χ2v) is 7.88. The molecule has 1 saturated heterocycles. The van der Waals surface area contributed by atoms with Crippen LogP contribution < -0.4 is 24.7 Å². The number of benzene rings is 2. The summed E-state index contributed by atoms with van der Waals surface area (Å²) in [5.74, 6) is 1.49. The number of rotatable bonds is 7. The predicted octanol–water partition coefficient (Wildman–Crippen LogP) is 3.62. The fourth-order valence-corrected chi connectivity index (χ4v) is 3.98. The number of ether oxygens (including phenoxy) is 5. The number of nitrogens with two attached hydrogens (primary N) is 1. The van der Waals surface area contributed by atoms with Gasteiger partial charge in [-0.05, 0) is 24.6 Å². The monoisotopic (exact) mass is 455 g/mol. The van der Waals surface area contributed by atoms with Gasteiger partial charge in [-0.15, -0.1) is 0 Å². The molecule has 174 valence electrons. The van der Waals surface area contributed by atoms with Crippen molar-refractivity contribution in [2.75, 3.05) is 58.4 Å². The van der Waals surface area contributed by atoms with Gasteiger partial charge in [0.25, 0.3) is 0 Å². The minimum Gasteiger partial charge on any atom is -0.489 e. The van der Waals surface area contributed by atoms with Crippen LogP contribution in [0.2, 0.25) is 0 Å². The number of fused-ring (bicyclic) bond motifs is 3. The van der Waals surface area contributed by atoms with Crippen LogP contribution in [0.5, 0.6) is 28.7 Å². The summed E-state index contributed by atoms with van der Waals surface area (Å²) < 4.78 is 43.5. The maximum atomic E-state index is 14.3. The smallest absolute Gasteiger partial charge is 0.204 e. The Hall–Kier alpha value is -3.30. The van der Waals surface area contributed by atoms with E-state index in [4.69, 9.17) is 29.4 Å². The molecule has 5 rings (SSSR count). The third-order valence-corrected chi connectivity index (χ3v) is 5.60. The van der Waals surface area contributed by atoms with Gasteiger partial charge < -0.3 is 29.4 Å². The second kappa shape index (κ2) is 9.68. The third-order valence-electron chi connectivity index (χ3n) is 5.60. The summed E-state index contributed by atoms with van der Waals surface area (Å²) in [4.78, 5) is 6.82. The van der Waals surface area contributed by atoms with E-state index in [0.29, 0.717) is 59.4 Å². The lowest BCUT2D eigenvalue weighted by Gasteiger charge is -2.26. The van der Waals surface area contributed by atoms with Crippen LogP contribution >= 0.6 is 0 Å². The Morgan fingerprint density at radius 1 is 0.970 bits per heavy atom. The zero-order chi connectivity index (χ0) is 22.6. The van der Waals surface area contributed by atoms with E-state index >= 15 is 0 Å². The first-order chi connectivity index (χ1) is 16.2. The molecule has 9 heteroatoms. The van der Waals surface area contributed by atoms with Gasteiger partial charge in [0.1, 0.15) is 19.0 Å². The summed E-state index contributed by atoms with van der Waals surface area (Å²) in [6.45, 7) is 5.72. The molecule has 8 nitrogen and oxygen atoms in total. The summed E-state index contributed by atoms with van der Waals surface area (Å²) in [5.41, 5.74) is 6.58. The van der Waals surface area contributed by atoms with Crippen molar-refractivity contribution in [3.05, 3.63) is 42.3 Å². The zero-order valence-electron chi connectivity index (χ0n) is 18.2. The molecule has 0 radical (unpaired) electrons. The van der Waals surface area contributed by atoms with Crippen LogP contribution in [0.15, 0.2) is 36.5 Å². The van der Waals surface area contributed by atoms with Crippen molar-refractivity contribution in [3.63, 3.8) is 0 Å². The summed E-state index contributed by atoms with van der Waals surface area (Å²) >= 11 is 0. The number of nitrogens with zero attached hydrogens (tertiary/aromatic N) is 2. The molecular weight excluding hydrogens is 429 g/mol. The fourth-order valence-electron chi connectivity index (χ4n) is 3.98. The van der Waals surface area contributed by atoms with Crippen LogP contribution in [0.25, 0.3) is 10.9 Å². The SMILES string of the molecule is Nc1ccc(Oc2ccnc3cc(OCCCN4CCOCC4)c4c(c23)OCCO4)c(F)c1. The highest BCUT2D eigenvalue weighted by atomic mass is 19.1. The van der Waals surface area contributed by atoms with Crippen molar-refractivity contribution < 1.29 is 28.1 Å². The van der Waals surface area contributed by atoms with E-state index < -0.39 is 5.82 Å². The minimum atomic E-state index is -0.550. The molecule has 1 aromatic heterocycles. The van der Waals surface area contributed by atoms with Gasteiger partial charge in [0.05, 0.1) is 30.7 Å². The van der Waals surface area contributed by atoms with Gasteiger partial charge in [0, 0.05) is 43.7 Å². The van der Waals surface area contributed by atoms with Gasteiger partial charge in [0.2, 0.25) is 5.75 Å². The van der Waals surface area contributed by atoms with Crippen LogP contribution in [-0.2, 0) is 4.74 Å². The van der Waals surface area contributed by atoms with Crippen LogP contribution in [-0.4, -0.2) is 62.6 Å².